The molecule has 1 N–H and O–H groups in total. The number of halogens is 1. The van der Waals surface area contributed by atoms with Gasteiger partial charge in [-0.2, -0.15) is 0 Å². The summed E-state index contributed by atoms with van der Waals surface area (Å²) in [5, 5.41) is 8.93. The van der Waals surface area contributed by atoms with Crippen molar-refractivity contribution in [3.63, 3.8) is 0 Å². The van der Waals surface area contributed by atoms with Gasteiger partial charge in [0.1, 0.15) is 5.82 Å². The van der Waals surface area contributed by atoms with Gasteiger partial charge in [-0.05, 0) is 57.5 Å². The number of nitrogens with zero attached hydrogens (tertiary/aromatic N) is 4. The minimum absolute atomic E-state index is 0.0672. The predicted octanol–water partition coefficient (Wildman–Crippen LogP) is 3.93. The van der Waals surface area contributed by atoms with Crippen LogP contribution in [-0.4, -0.2) is 74.3 Å². The van der Waals surface area contributed by atoms with Crippen LogP contribution in [0.3, 0.4) is 0 Å². The van der Waals surface area contributed by atoms with E-state index in [1.807, 2.05) is 11.5 Å². The van der Waals surface area contributed by atoms with Crippen molar-refractivity contribution in [1.82, 2.24) is 24.6 Å². The maximum absolute atomic E-state index is 13.5. The van der Waals surface area contributed by atoms with Gasteiger partial charge in [0.15, 0.2) is 22.5 Å². The van der Waals surface area contributed by atoms with E-state index in [0.717, 1.165) is 25.2 Å². The van der Waals surface area contributed by atoms with Gasteiger partial charge in [-0.1, -0.05) is 11.8 Å². The van der Waals surface area contributed by atoms with Gasteiger partial charge >= 0.3 is 0 Å². The highest BCUT2D eigenvalue weighted by Crippen LogP contribution is 2.30. The number of nitrogens with one attached hydrogen (secondary N) is 1. The molecular formula is C25H30FN5O3S. The summed E-state index contributed by atoms with van der Waals surface area (Å²) < 4.78 is 20.9. The van der Waals surface area contributed by atoms with Gasteiger partial charge in [0.05, 0.1) is 24.2 Å². The molecular weight excluding hydrogens is 469 g/mol. The minimum atomic E-state index is -0.459. The second kappa shape index (κ2) is 10.8. The quantitative estimate of drug-likeness (QED) is 0.352. The van der Waals surface area contributed by atoms with E-state index in [1.54, 1.807) is 26.0 Å². The van der Waals surface area contributed by atoms with Crippen molar-refractivity contribution in [2.75, 3.05) is 32.8 Å². The van der Waals surface area contributed by atoms with E-state index in [-0.39, 0.29) is 17.4 Å². The third-order valence-corrected chi connectivity index (χ3v) is 7.33. The molecule has 1 fully saturated rings. The van der Waals surface area contributed by atoms with Crippen LogP contribution in [0.4, 0.5) is 4.39 Å². The molecule has 3 heterocycles. The number of benzene rings is 1. The van der Waals surface area contributed by atoms with Gasteiger partial charge in [0.2, 0.25) is 0 Å². The molecule has 0 spiro atoms. The number of ether oxygens (including phenoxy) is 1. The summed E-state index contributed by atoms with van der Waals surface area (Å²) in [6.07, 6.45) is 0. The number of aromatic nitrogens is 4. The third kappa shape index (κ3) is 5.55. The molecule has 0 bridgehead atoms. The standard InChI is InChI=1S/C25H30FN5O3S/c1-15-21(17(3)32)16(2)27-22(15)23(33)18(4)35-25-29-28-24(19-5-7-20(26)8-6-19)31(25)10-9-30-11-13-34-14-12-30/h5-8,18,27H,9-14H2,1-4H3/t18-/m1/s1. The van der Waals surface area contributed by atoms with Crippen LogP contribution in [0.15, 0.2) is 29.4 Å². The highest BCUT2D eigenvalue weighted by atomic mass is 32.2. The third-order valence-electron chi connectivity index (χ3n) is 6.25. The maximum atomic E-state index is 13.5. The summed E-state index contributed by atoms with van der Waals surface area (Å²) in [7, 11) is 0. The van der Waals surface area contributed by atoms with Crippen molar-refractivity contribution < 1.29 is 18.7 Å². The fourth-order valence-electron chi connectivity index (χ4n) is 4.40. The molecule has 1 saturated heterocycles. The van der Waals surface area contributed by atoms with E-state index in [0.29, 0.717) is 53.3 Å². The smallest absolute Gasteiger partial charge is 0.192 e. The van der Waals surface area contributed by atoms with E-state index in [9.17, 15) is 14.0 Å². The Morgan fingerprint density at radius 2 is 1.83 bits per heavy atom. The Labute approximate surface area is 208 Å². The molecule has 0 radical (unpaired) electrons. The van der Waals surface area contributed by atoms with Crippen molar-refractivity contribution in [1.29, 1.82) is 0 Å². The summed E-state index contributed by atoms with van der Waals surface area (Å²) in [4.78, 5) is 30.7. The van der Waals surface area contributed by atoms with Crippen molar-refractivity contribution in [3.05, 3.63) is 52.6 Å². The molecule has 8 nitrogen and oxygen atoms in total. The SMILES string of the molecule is CC(=O)c1c(C)[nH]c(C(=O)[C@@H](C)Sc2nnc(-c3ccc(F)cc3)n2CCN2CCOCC2)c1C. The fraction of sp³-hybridized carbons (Fsp3) is 0.440. The highest BCUT2D eigenvalue weighted by Gasteiger charge is 2.27. The average molecular weight is 500 g/mol. The molecule has 0 aliphatic carbocycles. The Morgan fingerprint density at radius 1 is 1.14 bits per heavy atom. The Morgan fingerprint density at radius 3 is 2.46 bits per heavy atom. The largest absolute Gasteiger partial charge is 0.379 e. The second-order valence-corrected chi connectivity index (χ2v) is 10.0. The Hall–Kier alpha value is -2.82. The molecule has 3 aromatic rings. The number of aromatic amines is 1. The highest BCUT2D eigenvalue weighted by molar-refractivity contribution is 8.00. The van der Waals surface area contributed by atoms with Crippen LogP contribution in [0, 0.1) is 19.7 Å². The zero-order valence-electron chi connectivity index (χ0n) is 20.4. The number of carbonyl (C=O) groups is 2. The number of H-pyrrole nitrogens is 1. The first-order valence-electron chi connectivity index (χ1n) is 11.7. The number of ketones is 2. The first kappa shape index (κ1) is 25.3. The molecule has 10 heteroatoms. The zero-order valence-corrected chi connectivity index (χ0v) is 21.2. The lowest BCUT2D eigenvalue weighted by Gasteiger charge is -2.27. The van der Waals surface area contributed by atoms with Gasteiger partial charge in [-0.25, -0.2) is 4.39 Å². The number of carbonyl (C=O) groups excluding carboxylic acids is 2. The number of hydrogen-bond donors (Lipinski definition) is 1. The molecule has 0 saturated carbocycles. The minimum Gasteiger partial charge on any atom is -0.379 e. The molecule has 1 aliphatic rings. The van der Waals surface area contributed by atoms with E-state index in [1.165, 1.54) is 30.8 Å². The van der Waals surface area contributed by atoms with Crippen LogP contribution in [0.25, 0.3) is 11.4 Å². The van der Waals surface area contributed by atoms with Crippen LogP contribution in [0.5, 0.6) is 0 Å². The molecule has 4 rings (SSSR count). The van der Waals surface area contributed by atoms with Crippen molar-refractivity contribution >= 4 is 23.3 Å². The molecule has 35 heavy (non-hydrogen) atoms. The van der Waals surface area contributed by atoms with Crippen molar-refractivity contribution in [2.45, 2.75) is 44.6 Å². The lowest BCUT2D eigenvalue weighted by Crippen LogP contribution is -2.38. The van der Waals surface area contributed by atoms with Crippen LogP contribution < -0.4 is 0 Å². The van der Waals surface area contributed by atoms with Gasteiger partial charge in [0, 0.05) is 43.0 Å². The number of hydrogen-bond acceptors (Lipinski definition) is 7. The van der Waals surface area contributed by atoms with Crippen LogP contribution in [0.1, 0.15) is 46.0 Å². The first-order valence-corrected chi connectivity index (χ1v) is 12.5. The lowest BCUT2D eigenvalue weighted by molar-refractivity contribution is 0.0361. The molecule has 1 atom stereocenters. The molecule has 0 amide bonds. The van der Waals surface area contributed by atoms with Gasteiger partial charge in [-0.3, -0.25) is 14.5 Å². The van der Waals surface area contributed by atoms with E-state index in [4.69, 9.17) is 4.74 Å². The predicted molar refractivity (Wildman–Crippen MR) is 133 cm³/mol. The number of thioether (sulfide) groups is 1. The molecule has 186 valence electrons. The second-order valence-electron chi connectivity index (χ2n) is 8.72. The number of morpholine rings is 1. The molecule has 1 aliphatic heterocycles. The van der Waals surface area contributed by atoms with Gasteiger partial charge in [0.25, 0.3) is 0 Å². The van der Waals surface area contributed by atoms with Crippen molar-refractivity contribution in [2.24, 2.45) is 0 Å². The summed E-state index contributed by atoms with van der Waals surface area (Å²) in [5.41, 5.74) is 3.15. The molecule has 1 aromatic carbocycles. The molecule has 0 unspecified atom stereocenters. The summed E-state index contributed by atoms with van der Waals surface area (Å²) >= 11 is 1.33. The summed E-state index contributed by atoms with van der Waals surface area (Å²) in [6.45, 7) is 11.5. The maximum Gasteiger partial charge on any atom is 0.192 e. The lowest BCUT2D eigenvalue weighted by atomic mass is 10.0. The van der Waals surface area contributed by atoms with E-state index >= 15 is 0 Å². The molecule has 2 aromatic heterocycles. The van der Waals surface area contributed by atoms with Gasteiger partial charge in [-0.15, -0.1) is 10.2 Å². The summed E-state index contributed by atoms with van der Waals surface area (Å²) in [5.74, 6) is 0.145. The normalized spacial score (nSPS) is 15.3. The zero-order chi connectivity index (χ0) is 25.1. The summed E-state index contributed by atoms with van der Waals surface area (Å²) in [6, 6.07) is 6.17. The van der Waals surface area contributed by atoms with Crippen LogP contribution in [0.2, 0.25) is 0 Å². The number of Topliss-reactive ketones (excluding diaryl/α,β-unsaturated/α-hetero) is 2. The van der Waals surface area contributed by atoms with E-state index < -0.39 is 5.25 Å². The Balaban J connectivity index is 1.59. The number of aryl methyl sites for hydroxylation is 1. The topological polar surface area (TPSA) is 93.1 Å². The van der Waals surface area contributed by atoms with E-state index in [2.05, 4.69) is 20.1 Å². The van der Waals surface area contributed by atoms with Gasteiger partial charge < -0.3 is 14.3 Å². The van der Waals surface area contributed by atoms with Crippen molar-refractivity contribution in [3.8, 4) is 11.4 Å². The van der Waals surface area contributed by atoms with Crippen LogP contribution >= 0.6 is 11.8 Å². The Kier molecular flexibility index (Phi) is 7.83. The fourth-order valence-corrected chi connectivity index (χ4v) is 5.33. The Bertz CT molecular complexity index is 1210. The monoisotopic (exact) mass is 499 g/mol. The average Bonchev–Trinajstić information content (AvgIpc) is 3.37. The number of rotatable bonds is 9. The first-order chi connectivity index (χ1) is 16.8. The van der Waals surface area contributed by atoms with Crippen LogP contribution in [-0.2, 0) is 11.3 Å².